The molecule has 3 atom stereocenters. The van der Waals surface area contributed by atoms with Crippen molar-refractivity contribution in [2.24, 2.45) is 17.8 Å². The fourth-order valence-electron chi connectivity index (χ4n) is 3.02. The summed E-state index contributed by atoms with van der Waals surface area (Å²) in [5.74, 6) is -1.92. The van der Waals surface area contributed by atoms with Crippen LogP contribution in [0, 0.1) is 17.8 Å². The van der Waals surface area contributed by atoms with Crippen LogP contribution in [0.15, 0.2) is 24.3 Å². The summed E-state index contributed by atoms with van der Waals surface area (Å²) < 4.78 is 0. The van der Waals surface area contributed by atoms with Crippen molar-refractivity contribution in [3.63, 3.8) is 0 Å². The van der Waals surface area contributed by atoms with Crippen molar-refractivity contribution in [3.8, 4) is 0 Å². The van der Waals surface area contributed by atoms with Crippen molar-refractivity contribution >= 4 is 17.6 Å². The first-order valence-corrected chi connectivity index (χ1v) is 7.28. The molecular weight excluding hydrogens is 270 g/mol. The van der Waals surface area contributed by atoms with Crippen LogP contribution in [0.4, 0.5) is 5.69 Å². The van der Waals surface area contributed by atoms with Crippen LogP contribution in [0.5, 0.6) is 0 Å². The molecule has 21 heavy (non-hydrogen) atoms. The van der Waals surface area contributed by atoms with Gasteiger partial charge in [0.25, 0.3) is 0 Å². The van der Waals surface area contributed by atoms with Gasteiger partial charge in [0, 0.05) is 5.69 Å². The molecule has 0 radical (unpaired) electrons. The predicted molar refractivity (Wildman–Crippen MR) is 78.6 cm³/mol. The fraction of sp³-hybridized carbons (Fsp3) is 0.500. The van der Waals surface area contributed by atoms with E-state index in [9.17, 15) is 14.7 Å². The zero-order valence-corrected chi connectivity index (χ0v) is 12.1. The molecule has 1 unspecified atom stereocenters. The first-order valence-electron chi connectivity index (χ1n) is 7.28. The molecule has 5 nitrogen and oxygen atoms in total. The molecule has 114 valence electrons. The highest BCUT2D eigenvalue weighted by molar-refractivity contribution is 5.95. The number of carbonyl (C=O) groups is 2. The normalized spacial score (nSPS) is 24.8. The Labute approximate surface area is 124 Å². The first-order chi connectivity index (χ1) is 10.0. The number of hydrogen-bond acceptors (Lipinski definition) is 3. The van der Waals surface area contributed by atoms with E-state index < -0.39 is 17.8 Å². The van der Waals surface area contributed by atoms with Crippen molar-refractivity contribution < 1.29 is 19.8 Å². The van der Waals surface area contributed by atoms with Crippen molar-refractivity contribution in [2.45, 2.75) is 32.8 Å². The van der Waals surface area contributed by atoms with Gasteiger partial charge in [0.05, 0.1) is 18.4 Å². The summed E-state index contributed by atoms with van der Waals surface area (Å²) in [5.41, 5.74) is 1.30. The van der Waals surface area contributed by atoms with Crippen LogP contribution >= 0.6 is 0 Å². The quantitative estimate of drug-likeness (QED) is 0.776. The summed E-state index contributed by atoms with van der Waals surface area (Å²) in [6.07, 6.45) is 2.09. The number of aliphatic hydroxyl groups excluding tert-OH is 1. The number of rotatable bonds is 5. The second kappa shape index (κ2) is 6.72. The van der Waals surface area contributed by atoms with Crippen molar-refractivity contribution in [3.05, 3.63) is 29.8 Å². The van der Waals surface area contributed by atoms with Crippen LogP contribution in [0.3, 0.4) is 0 Å². The monoisotopic (exact) mass is 291 g/mol. The van der Waals surface area contributed by atoms with E-state index in [1.807, 2.05) is 6.92 Å². The van der Waals surface area contributed by atoms with Gasteiger partial charge in [-0.3, -0.25) is 9.59 Å². The summed E-state index contributed by atoms with van der Waals surface area (Å²) in [7, 11) is 0. The number of anilines is 1. The maximum Gasteiger partial charge on any atom is 0.307 e. The van der Waals surface area contributed by atoms with Gasteiger partial charge in [-0.25, -0.2) is 0 Å². The number of benzene rings is 1. The third-order valence-corrected chi connectivity index (χ3v) is 4.27. The second-order valence-electron chi connectivity index (χ2n) is 5.64. The number of hydrogen-bond donors (Lipinski definition) is 3. The molecule has 1 aromatic rings. The summed E-state index contributed by atoms with van der Waals surface area (Å²) in [6.45, 7) is 1.93. The Bertz CT molecular complexity index is 529. The van der Waals surface area contributed by atoms with Gasteiger partial charge in [-0.05, 0) is 36.5 Å². The minimum atomic E-state index is -0.893. The standard InChI is InChI=1S/C16H21NO4/c1-2-10-7-13(14(8-10)16(20)21)15(19)17-12-5-3-4-11(6-12)9-18/h3-6,10,13-14,18H,2,7-9H2,1H3,(H,17,19)(H,20,21)/t10?,13-,14+/m0/s1. The maximum atomic E-state index is 12.4. The smallest absolute Gasteiger partial charge is 0.307 e. The van der Waals surface area contributed by atoms with Gasteiger partial charge in [-0.1, -0.05) is 25.5 Å². The third-order valence-electron chi connectivity index (χ3n) is 4.27. The molecule has 0 aliphatic heterocycles. The minimum absolute atomic E-state index is 0.0944. The molecule has 1 fully saturated rings. The number of amides is 1. The van der Waals surface area contributed by atoms with Crippen LogP contribution in [0.1, 0.15) is 31.7 Å². The Balaban J connectivity index is 2.09. The number of aliphatic hydroxyl groups is 1. The van der Waals surface area contributed by atoms with Gasteiger partial charge >= 0.3 is 5.97 Å². The van der Waals surface area contributed by atoms with Crippen LogP contribution in [-0.2, 0) is 16.2 Å². The summed E-state index contributed by atoms with van der Waals surface area (Å²) >= 11 is 0. The Morgan fingerprint density at radius 3 is 2.62 bits per heavy atom. The van der Waals surface area contributed by atoms with Crippen LogP contribution < -0.4 is 5.32 Å². The molecule has 5 heteroatoms. The summed E-state index contributed by atoms with van der Waals surface area (Å²) in [5, 5.41) is 21.2. The van der Waals surface area contributed by atoms with Crippen molar-refractivity contribution in [1.29, 1.82) is 0 Å². The topological polar surface area (TPSA) is 86.6 Å². The van der Waals surface area contributed by atoms with Crippen LogP contribution in [-0.4, -0.2) is 22.1 Å². The molecule has 1 amide bonds. The molecular formula is C16H21NO4. The molecule has 1 aliphatic rings. The lowest BCUT2D eigenvalue weighted by Crippen LogP contribution is -2.30. The van der Waals surface area contributed by atoms with E-state index in [4.69, 9.17) is 5.11 Å². The van der Waals surface area contributed by atoms with E-state index in [1.54, 1.807) is 24.3 Å². The lowest BCUT2D eigenvalue weighted by atomic mass is 9.95. The van der Waals surface area contributed by atoms with Crippen molar-refractivity contribution in [2.75, 3.05) is 5.32 Å². The Morgan fingerprint density at radius 2 is 2.00 bits per heavy atom. The zero-order valence-electron chi connectivity index (χ0n) is 12.1. The molecule has 0 heterocycles. The van der Waals surface area contributed by atoms with Gasteiger partial charge < -0.3 is 15.5 Å². The molecule has 1 aromatic carbocycles. The summed E-state index contributed by atoms with van der Waals surface area (Å²) in [6, 6.07) is 6.94. The first kappa shape index (κ1) is 15.5. The molecule has 3 N–H and O–H groups in total. The van der Waals surface area contributed by atoms with E-state index in [0.717, 1.165) is 6.42 Å². The number of nitrogens with one attached hydrogen (secondary N) is 1. The lowest BCUT2D eigenvalue weighted by Gasteiger charge is -2.15. The highest BCUT2D eigenvalue weighted by atomic mass is 16.4. The van der Waals surface area contributed by atoms with Crippen LogP contribution in [0.2, 0.25) is 0 Å². The molecule has 2 rings (SSSR count). The lowest BCUT2D eigenvalue weighted by molar-refractivity contribution is -0.145. The van der Waals surface area contributed by atoms with E-state index in [2.05, 4.69) is 5.32 Å². The molecule has 0 bridgehead atoms. The second-order valence-corrected chi connectivity index (χ2v) is 5.64. The van der Waals surface area contributed by atoms with E-state index in [0.29, 0.717) is 30.0 Å². The van der Waals surface area contributed by atoms with Crippen molar-refractivity contribution in [1.82, 2.24) is 0 Å². The number of carboxylic acid groups (broad SMARTS) is 1. The summed E-state index contributed by atoms with van der Waals surface area (Å²) in [4.78, 5) is 23.7. The third kappa shape index (κ3) is 3.61. The predicted octanol–water partition coefficient (Wildman–Crippen LogP) is 2.25. The number of carbonyl (C=O) groups excluding carboxylic acids is 1. The van der Waals surface area contributed by atoms with E-state index in [1.165, 1.54) is 0 Å². The highest BCUT2D eigenvalue weighted by Crippen LogP contribution is 2.39. The average molecular weight is 291 g/mol. The number of carboxylic acids is 1. The van der Waals surface area contributed by atoms with Crippen LogP contribution in [0.25, 0.3) is 0 Å². The Hall–Kier alpha value is -1.88. The average Bonchev–Trinajstić information content (AvgIpc) is 2.92. The van der Waals surface area contributed by atoms with Gasteiger partial charge in [0.1, 0.15) is 0 Å². The van der Waals surface area contributed by atoms with E-state index >= 15 is 0 Å². The number of aliphatic carboxylic acids is 1. The van der Waals surface area contributed by atoms with E-state index in [-0.39, 0.29) is 12.5 Å². The fourth-order valence-corrected chi connectivity index (χ4v) is 3.02. The molecule has 0 saturated heterocycles. The highest BCUT2D eigenvalue weighted by Gasteiger charge is 2.42. The Morgan fingerprint density at radius 1 is 1.29 bits per heavy atom. The molecule has 0 spiro atoms. The Kier molecular flexibility index (Phi) is 4.96. The maximum absolute atomic E-state index is 12.4. The zero-order chi connectivity index (χ0) is 15.4. The molecule has 1 saturated carbocycles. The van der Waals surface area contributed by atoms with Gasteiger partial charge in [-0.2, -0.15) is 0 Å². The molecule has 1 aliphatic carbocycles. The minimum Gasteiger partial charge on any atom is -0.481 e. The van der Waals surface area contributed by atoms with Gasteiger partial charge in [0.15, 0.2) is 0 Å². The van der Waals surface area contributed by atoms with Gasteiger partial charge in [0.2, 0.25) is 5.91 Å². The van der Waals surface area contributed by atoms with Gasteiger partial charge in [-0.15, -0.1) is 0 Å². The SMILES string of the molecule is CCC1C[C@H](C(=O)Nc2cccc(CO)c2)[C@H](C(=O)O)C1. The largest absolute Gasteiger partial charge is 0.481 e. The molecule has 0 aromatic heterocycles.